The fraction of sp³-hybridized carbons (Fsp3) is 0.125. The van der Waals surface area contributed by atoms with E-state index in [-0.39, 0.29) is 0 Å². The number of anilines is 1. The first-order valence-corrected chi connectivity index (χ1v) is 6.56. The first kappa shape index (κ1) is 12.4. The number of pyridine rings is 1. The topological polar surface area (TPSA) is 42.7 Å². The maximum Gasteiger partial charge on any atom is 0.0992 e. The molecule has 0 aliphatic heterocycles. The molecule has 1 N–H and O–H groups in total. The Balaban J connectivity index is 1.79. The molecule has 100 valence electrons. The second-order valence-corrected chi connectivity index (χ2v) is 4.65. The van der Waals surface area contributed by atoms with E-state index < -0.39 is 0 Å². The van der Waals surface area contributed by atoms with E-state index in [0.717, 1.165) is 29.2 Å². The van der Waals surface area contributed by atoms with Gasteiger partial charge in [0.05, 0.1) is 17.7 Å². The van der Waals surface area contributed by atoms with Crippen LogP contribution < -0.4 is 5.32 Å². The third kappa shape index (κ3) is 2.69. The van der Waals surface area contributed by atoms with E-state index in [2.05, 4.69) is 33.5 Å². The summed E-state index contributed by atoms with van der Waals surface area (Å²) < 4.78 is 2.00. The Morgan fingerprint density at radius 1 is 1.15 bits per heavy atom. The summed E-state index contributed by atoms with van der Waals surface area (Å²) in [7, 11) is 0. The van der Waals surface area contributed by atoms with Gasteiger partial charge in [0, 0.05) is 30.8 Å². The molecule has 0 unspecified atom stereocenters. The number of benzene rings is 1. The zero-order valence-corrected chi connectivity index (χ0v) is 11.3. The predicted molar refractivity (Wildman–Crippen MR) is 79.9 cm³/mol. The smallest absolute Gasteiger partial charge is 0.0992 e. The Kier molecular flexibility index (Phi) is 3.46. The lowest BCUT2D eigenvalue weighted by Crippen LogP contribution is -2.04. The molecule has 0 fully saturated rings. The second-order valence-electron chi connectivity index (χ2n) is 4.65. The highest BCUT2D eigenvalue weighted by Crippen LogP contribution is 2.20. The molecule has 0 radical (unpaired) electrons. The van der Waals surface area contributed by atoms with Crippen molar-refractivity contribution in [2.75, 3.05) is 5.32 Å². The van der Waals surface area contributed by atoms with E-state index in [9.17, 15) is 0 Å². The summed E-state index contributed by atoms with van der Waals surface area (Å²) in [6.07, 6.45) is 7.42. The summed E-state index contributed by atoms with van der Waals surface area (Å²) in [6.45, 7) is 2.74. The molecule has 20 heavy (non-hydrogen) atoms. The summed E-state index contributed by atoms with van der Waals surface area (Å²) >= 11 is 0. The molecule has 0 bridgehead atoms. The van der Waals surface area contributed by atoms with Gasteiger partial charge in [0.1, 0.15) is 0 Å². The molecule has 0 atom stereocenters. The number of nitrogens with one attached hydrogen (secondary N) is 1. The van der Waals surface area contributed by atoms with Gasteiger partial charge in [0.25, 0.3) is 0 Å². The lowest BCUT2D eigenvalue weighted by Gasteiger charge is -2.12. The van der Waals surface area contributed by atoms with Crippen molar-refractivity contribution in [3.05, 3.63) is 72.6 Å². The van der Waals surface area contributed by atoms with Crippen LogP contribution in [-0.2, 0) is 6.54 Å². The minimum atomic E-state index is 0.749. The van der Waals surface area contributed by atoms with Gasteiger partial charge in [-0.25, -0.2) is 4.98 Å². The lowest BCUT2D eigenvalue weighted by molar-refractivity contribution is 1.03. The van der Waals surface area contributed by atoms with E-state index >= 15 is 0 Å². The Morgan fingerprint density at radius 2 is 2.05 bits per heavy atom. The molecule has 2 heterocycles. The molecular formula is C16H16N4. The molecule has 3 rings (SSSR count). The van der Waals surface area contributed by atoms with Crippen molar-refractivity contribution in [1.82, 2.24) is 14.5 Å². The van der Waals surface area contributed by atoms with Gasteiger partial charge < -0.3 is 9.88 Å². The molecule has 0 amide bonds. The highest BCUT2D eigenvalue weighted by molar-refractivity contribution is 5.61. The van der Waals surface area contributed by atoms with Crippen LogP contribution in [0.1, 0.15) is 11.3 Å². The molecular weight excluding hydrogens is 248 g/mol. The fourth-order valence-electron chi connectivity index (χ4n) is 2.05. The van der Waals surface area contributed by atoms with Crippen LogP contribution in [0.25, 0.3) is 5.69 Å². The number of nitrogens with zero attached hydrogens (tertiary/aromatic N) is 3. The number of aryl methyl sites for hydroxylation is 1. The van der Waals surface area contributed by atoms with Gasteiger partial charge in [-0.05, 0) is 30.7 Å². The number of hydrogen-bond acceptors (Lipinski definition) is 3. The van der Waals surface area contributed by atoms with Gasteiger partial charge in [-0.1, -0.05) is 18.2 Å². The van der Waals surface area contributed by atoms with E-state index in [1.165, 1.54) is 0 Å². The van der Waals surface area contributed by atoms with E-state index in [4.69, 9.17) is 0 Å². The average molecular weight is 264 g/mol. The molecule has 2 aromatic heterocycles. The number of aromatic nitrogens is 3. The largest absolute Gasteiger partial charge is 0.379 e. The van der Waals surface area contributed by atoms with Gasteiger partial charge in [0.15, 0.2) is 0 Å². The molecule has 0 saturated carbocycles. The zero-order chi connectivity index (χ0) is 13.8. The average Bonchev–Trinajstić information content (AvgIpc) is 3.01. The standard InChI is InChI=1S/C16H16N4/c1-13-6-7-14(10-18-13)11-19-15-4-2-3-5-16(15)20-9-8-17-12-20/h2-10,12,19H,11H2,1H3. The van der Waals surface area contributed by atoms with Gasteiger partial charge in [-0.3, -0.25) is 4.98 Å². The van der Waals surface area contributed by atoms with Gasteiger partial charge in [-0.2, -0.15) is 0 Å². The maximum atomic E-state index is 4.31. The van der Waals surface area contributed by atoms with Crippen LogP contribution in [0.4, 0.5) is 5.69 Å². The van der Waals surface area contributed by atoms with Crippen molar-refractivity contribution >= 4 is 5.69 Å². The van der Waals surface area contributed by atoms with E-state index in [1.54, 1.807) is 12.5 Å². The number of hydrogen-bond donors (Lipinski definition) is 1. The lowest BCUT2D eigenvalue weighted by atomic mass is 10.2. The predicted octanol–water partition coefficient (Wildman–Crippen LogP) is 3.19. The molecule has 4 nitrogen and oxygen atoms in total. The van der Waals surface area contributed by atoms with Gasteiger partial charge in [-0.15, -0.1) is 0 Å². The quantitative estimate of drug-likeness (QED) is 0.787. The summed E-state index contributed by atoms with van der Waals surface area (Å²) in [5, 5.41) is 3.45. The minimum absolute atomic E-state index is 0.749. The van der Waals surface area contributed by atoms with Crippen molar-refractivity contribution in [1.29, 1.82) is 0 Å². The number of imidazole rings is 1. The monoisotopic (exact) mass is 264 g/mol. The summed E-state index contributed by atoms with van der Waals surface area (Å²) in [4.78, 5) is 8.40. The first-order chi connectivity index (χ1) is 9.83. The molecule has 0 aliphatic rings. The minimum Gasteiger partial charge on any atom is -0.379 e. The Bertz CT molecular complexity index is 672. The Labute approximate surface area is 118 Å². The van der Waals surface area contributed by atoms with Crippen LogP contribution in [0.15, 0.2) is 61.3 Å². The normalized spacial score (nSPS) is 10.4. The molecule has 3 aromatic rings. The maximum absolute atomic E-state index is 4.31. The third-order valence-corrected chi connectivity index (χ3v) is 3.14. The van der Waals surface area contributed by atoms with Crippen LogP contribution >= 0.6 is 0 Å². The van der Waals surface area contributed by atoms with Crippen LogP contribution in [0.5, 0.6) is 0 Å². The third-order valence-electron chi connectivity index (χ3n) is 3.14. The number of para-hydroxylation sites is 2. The summed E-state index contributed by atoms with van der Waals surface area (Å²) in [5.41, 5.74) is 4.36. The van der Waals surface area contributed by atoms with Crippen molar-refractivity contribution in [3.8, 4) is 5.69 Å². The van der Waals surface area contributed by atoms with Gasteiger partial charge in [0.2, 0.25) is 0 Å². The van der Waals surface area contributed by atoms with E-state index in [1.807, 2.05) is 42.1 Å². The molecule has 0 aliphatic carbocycles. The van der Waals surface area contributed by atoms with Crippen LogP contribution in [0, 0.1) is 6.92 Å². The fourth-order valence-corrected chi connectivity index (χ4v) is 2.05. The van der Waals surface area contributed by atoms with Gasteiger partial charge >= 0.3 is 0 Å². The molecule has 1 aromatic carbocycles. The van der Waals surface area contributed by atoms with Crippen molar-refractivity contribution in [2.45, 2.75) is 13.5 Å². The first-order valence-electron chi connectivity index (χ1n) is 6.56. The van der Waals surface area contributed by atoms with Crippen molar-refractivity contribution in [2.24, 2.45) is 0 Å². The summed E-state index contributed by atoms with van der Waals surface area (Å²) in [6, 6.07) is 12.3. The SMILES string of the molecule is Cc1ccc(CNc2ccccc2-n2ccnc2)cn1. The van der Waals surface area contributed by atoms with Crippen molar-refractivity contribution < 1.29 is 0 Å². The summed E-state index contributed by atoms with van der Waals surface area (Å²) in [5.74, 6) is 0. The Hall–Kier alpha value is -2.62. The van der Waals surface area contributed by atoms with Crippen LogP contribution in [0.2, 0.25) is 0 Å². The van der Waals surface area contributed by atoms with Crippen LogP contribution in [-0.4, -0.2) is 14.5 Å². The highest BCUT2D eigenvalue weighted by Gasteiger charge is 2.03. The van der Waals surface area contributed by atoms with E-state index in [0.29, 0.717) is 0 Å². The van der Waals surface area contributed by atoms with Crippen molar-refractivity contribution in [3.63, 3.8) is 0 Å². The Morgan fingerprint density at radius 3 is 2.80 bits per heavy atom. The highest BCUT2D eigenvalue weighted by atomic mass is 15.0. The number of rotatable bonds is 4. The van der Waals surface area contributed by atoms with Crippen LogP contribution in [0.3, 0.4) is 0 Å². The molecule has 4 heteroatoms. The molecule has 0 spiro atoms. The zero-order valence-electron chi connectivity index (χ0n) is 11.3. The molecule has 0 saturated heterocycles. The second kappa shape index (κ2) is 5.57.